The van der Waals surface area contributed by atoms with E-state index in [0.29, 0.717) is 24.3 Å². The van der Waals surface area contributed by atoms with E-state index < -0.39 is 5.91 Å². The lowest BCUT2D eigenvalue weighted by Gasteiger charge is -2.07. The van der Waals surface area contributed by atoms with E-state index in [2.05, 4.69) is 10.3 Å². The second kappa shape index (κ2) is 9.72. The summed E-state index contributed by atoms with van der Waals surface area (Å²) >= 11 is 1.52. The van der Waals surface area contributed by atoms with Crippen LogP contribution in [0.1, 0.15) is 32.0 Å². The maximum atomic E-state index is 12.0. The number of hydrogen-bond donors (Lipinski definition) is 3. The topological polar surface area (TPSA) is 97.2 Å². The van der Waals surface area contributed by atoms with Gasteiger partial charge in [-0.3, -0.25) is 4.79 Å². The van der Waals surface area contributed by atoms with Crippen LogP contribution in [-0.2, 0) is 17.8 Å². The molecule has 0 spiro atoms. The van der Waals surface area contributed by atoms with Crippen molar-refractivity contribution < 1.29 is 14.3 Å². The Morgan fingerprint density at radius 1 is 0.969 bits per heavy atom. The molecule has 1 aromatic heterocycles. The first-order valence-corrected chi connectivity index (χ1v) is 10.9. The summed E-state index contributed by atoms with van der Waals surface area (Å²) in [6.45, 7) is 1.31. The van der Waals surface area contributed by atoms with E-state index in [1.54, 1.807) is 12.1 Å². The second-order valence-electron chi connectivity index (χ2n) is 7.28. The van der Waals surface area contributed by atoms with Crippen LogP contribution in [0, 0.1) is 0 Å². The molecule has 0 radical (unpaired) electrons. The van der Waals surface area contributed by atoms with Crippen molar-refractivity contribution in [3.05, 3.63) is 95.2 Å². The summed E-state index contributed by atoms with van der Waals surface area (Å²) in [5, 5.41) is 4.37. The first-order valence-electron chi connectivity index (χ1n) is 10.1. The smallest absolute Gasteiger partial charge is 0.337 e. The minimum atomic E-state index is -0.477. The van der Waals surface area contributed by atoms with Crippen LogP contribution in [0.2, 0.25) is 0 Å². The Kier molecular flexibility index (Phi) is 6.58. The molecular formula is C25H23N3O3S. The Labute approximate surface area is 190 Å². The number of primary amides is 1. The highest BCUT2D eigenvalue weighted by Gasteiger charge is 2.17. The Morgan fingerprint density at radius 2 is 1.66 bits per heavy atom. The summed E-state index contributed by atoms with van der Waals surface area (Å²) in [4.78, 5) is 28.6. The van der Waals surface area contributed by atoms with E-state index in [0.717, 1.165) is 31.8 Å². The molecule has 32 heavy (non-hydrogen) atoms. The van der Waals surface area contributed by atoms with Crippen molar-refractivity contribution in [3.8, 4) is 0 Å². The number of carbonyl (C=O) groups is 2. The standard InChI is InChI=1S/C25H23N3O3S/c1-31-25(30)18-10-7-16(8-11-18)14-27-15-17-9-12-20-21(13-17)28-22(24(26)29)23(20)32-19-5-3-2-4-6-19/h2-13,27-28H,14-15H2,1H3,(H2,26,29). The third-order valence-corrected chi connectivity index (χ3v) is 6.19. The summed E-state index contributed by atoms with van der Waals surface area (Å²) in [6.07, 6.45) is 0. The first kappa shape index (κ1) is 21.7. The van der Waals surface area contributed by atoms with Crippen LogP contribution in [-0.4, -0.2) is 24.0 Å². The minimum Gasteiger partial charge on any atom is -0.465 e. The number of amides is 1. The molecule has 0 aliphatic rings. The van der Waals surface area contributed by atoms with Gasteiger partial charge in [0.05, 0.1) is 17.6 Å². The fourth-order valence-corrected chi connectivity index (χ4v) is 4.51. The molecule has 0 unspecified atom stereocenters. The van der Waals surface area contributed by atoms with Crippen LogP contribution >= 0.6 is 11.8 Å². The van der Waals surface area contributed by atoms with E-state index in [4.69, 9.17) is 10.5 Å². The Balaban J connectivity index is 1.47. The second-order valence-corrected chi connectivity index (χ2v) is 8.36. The molecule has 4 rings (SSSR count). The van der Waals surface area contributed by atoms with E-state index >= 15 is 0 Å². The summed E-state index contributed by atoms with van der Waals surface area (Å²) in [5.41, 5.74) is 9.60. The number of aromatic amines is 1. The lowest BCUT2D eigenvalue weighted by Crippen LogP contribution is -2.13. The largest absolute Gasteiger partial charge is 0.465 e. The molecule has 4 N–H and O–H groups in total. The fraction of sp³-hybridized carbons (Fsp3) is 0.120. The van der Waals surface area contributed by atoms with E-state index in [1.165, 1.54) is 18.9 Å². The van der Waals surface area contributed by atoms with Crippen molar-refractivity contribution in [2.45, 2.75) is 22.9 Å². The predicted octanol–water partition coefficient (Wildman–Crippen LogP) is 4.49. The van der Waals surface area contributed by atoms with Crippen LogP contribution in [0.25, 0.3) is 10.9 Å². The molecule has 7 heteroatoms. The van der Waals surface area contributed by atoms with Gasteiger partial charge in [0.15, 0.2) is 0 Å². The van der Waals surface area contributed by atoms with Crippen LogP contribution < -0.4 is 11.1 Å². The molecule has 6 nitrogen and oxygen atoms in total. The van der Waals surface area contributed by atoms with Gasteiger partial charge in [0.25, 0.3) is 5.91 Å². The van der Waals surface area contributed by atoms with Gasteiger partial charge in [0.1, 0.15) is 5.69 Å². The fourth-order valence-electron chi connectivity index (χ4n) is 3.44. The maximum absolute atomic E-state index is 12.0. The van der Waals surface area contributed by atoms with Gasteiger partial charge < -0.3 is 20.8 Å². The molecule has 162 valence electrons. The number of nitrogens with one attached hydrogen (secondary N) is 2. The van der Waals surface area contributed by atoms with E-state index in [9.17, 15) is 9.59 Å². The molecule has 1 amide bonds. The van der Waals surface area contributed by atoms with Crippen molar-refractivity contribution in [3.63, 3.8) is 0 Å². The SMILES string of the molecule is COC(=O)c1ccc(CNCc2ccc3c(Sc4ccccc4)c(C(N)=O)[nH]c3c2)cc1. The van der Waals surface area contributed by atoms with Crippen LogP contribution in [0.4, 0.5) is 0 Å². The minimum absolute atomic E-state index is 0.344. The number of ether oxygens (including phenoxy) is 1. The molecule has 0 atom stereocenters. The van der Waals surface area contributed by atoms with Crippen LogP contribution in [0.5, 0.6) is 0 Å². The molecule has 0 bridgehead atoms. The van der Waals surface area contributed by atoms with Crippen LogP contribution in [0.3, 0.4) is 0 Å². The number of hydrogen-bond acceptors (Lipinski definition) is 5. The molecule has 0 saturated carbocycles. The lowest BCUT2D eigenvalue weighted by molar-refractivity contribution is 0.0600. The number of carbonyl (C=O) groups excluding carboxylic acids is 2. The quantitative estimate of drug-likeness (QED) is 0.347. The molecule has 0 fully saturated rings. The van der Waals surface area contributed by atoms with Crippen molar-refractivity contribution >= 4 is 34.5 Å². The van der Waals surface area contributed by atoms with Crippen molar-refractivity contribution in [1.82, 2.24) is 10.3 Å². The van der Waals surface area contributed by atoms with Gasteiger partial charge in [0.2, 0.25) is 0 Å². The number of methoxy groups -OCH3 is 1. The van der Waals surface area contributed by atoms with Crippen molar-refractivity contribution in [1.29, 1.82) is 0 Å². The third-order valence-electron chi connectivity index (χ3n) is 5.06. The monoisotopic (exact) mass is 445 g/mol. The predicted molar refractivity (Wildman–Crippen MR) is 126 cm³/mol. The van der Waals surface area contributed by atoms with Gasteiger partial charge in [0, 0.05) is 28.9 Å². The third kappa shape index (κ3) is 4.85. The zero-order valence-electron chi connectivity index (χ0n) is 17.6. The van der Waals surface area contributed by atoms with Gasteiger partial charge in [-0.2, -0.15) is 0 Å². The molecule has 1 heterocycles. The van der Waals surface area contributed by atoms with Crippen molar-refractivity contribution in [2.75, 3.05) is 7.11 Å². The highest BCUT2D eigenvalue weighted by molar-refractivity contribution is 7.99. The average molecular weight is 446 g/mol. The van der Waals surface area contributed by atoms with Gasteiger partial charge >= 0.3 is 5.97 Å². The Bertz CT molecular complexity index is 1250. The Hall–Kier alpha value is -3.55. The number of aromatic nitrogens is 1. The summed E-state index contributed by atoms with van der Waals surface area (Å²) in [6, 6.07) is 23.3. The number of benzene rings is 3. The van der Waals surface area contributed by atoms with Gasteiger partial charge in [-0.1, -0.05) is 54.2 Å². The van der Waals surface area contributed by atoms with E-state index in [-0.39, 0.29) is 5.97 Å². The number of H-pyrrole nitrogens is 1. The maximum Gasteiger partial charge on any atom is 0.337 e. The molecule has 0 aliphatic heterocycles. The van der Waals surface area contributed by atoms with Gasteiger partial charge in [-0.05, 0) is 41.5 Å². The van der Waals surface area contributed by atoms with Crippen LogP contribution in [0.15, 0.2) is 82.6 Å². The normalized spacial score (nSPS) is 10.9. The molecule has 0 saturated heterocycles. The molecular weight excluding hydrogens is 422 g/mol. The summed E-state index contributed by atoms with van der Waals surface area (Å²) < 4.78 is 4.72. The van der Waals surface area contributed by atoms with Gasteiger partial charge in [-0.25, -0.2) is 4.79 Å². The molecule has 3 aromatic carbocycles. The zero-order chi connectivity index (χ0) is 22.5. The Morgan fingerprint density at radius 3 is 2.34 bits per heavy atom. The number of esters is 1. The molecule has 0 aliphatic carbocycles. The lowest BCUT2D eigenvalue weighted by atomic mass is 10.1. The number of rotatable bonds is 8. The molecule has 4 aromatic rings. The highest BCUT2D eigenvalue weighted by atomic mass is 32.2. The number of nitrogens with two attached hydrogens (primary N) is 1. The van der Waals surface area contributed by atoms with Crippen molar-refractivity contribution in [2.24, 2.45) is 5.73 Å². The number of fused-ring (bicyclic) bond motifs is 1. The average Bonchev–Trinajstić information content (AvgIpc) is 3.17. The first-order chi connectivity index (χ1) is 15.5. The summed E-state index contributed by atoms with van der Waals surface area (Å²) in [5.74, 6) is -0.821. The van der Waals surface area contributed by atoms with Gasteiger partial charge in [-0.15, -0.1) is 0 Å². The zero-order valence-corrected chi connectivity index (χ0v) is 18.4. The van der Waals surface area contributed by atoms with E-state index in [1.807, 2.05) is 60.7 Å². The highest BCUT2D eigenvalue weighted by Crippen LogP contribution is 2.36. The summed E-state index contributed by atoms with van der Waals surface area (Å²) in [7, 11) is 1.37.